The molecule has 0 spiro atoms. The first-order valence-electron chi connectivity index (χ1n) is 12.7. The van der Waals surface area contributed by atoms with Gasteiger partial charge in [0.15, 0.2) is 17.3 Å². The van der Waals surface area contributed by atoms with Crippen LogP contribution in [0.1, 0.15) is 49.9 Å². The molecule has 12 nitrogen and oxygen atoms in total. The largest absolute Gasteiger partial charge is 0.486 e. The third-order valence-corrected chi connectivity index (χ3v) is 6.34. The molecule has 1 aromatic carbocycles. The first-order chi connectivity index (χ1) is 18.6. The Kier molecular flexibility index (Phi) is 7.68. The number of aromatic amines is 1. The minimum atomic E-state index is -0.422. The van der Waals surface area contributed by atoms with Crippen LogP contribution in [-0.4, -0.2) is 55.9 Å². The quantitative estimate of drug-likeness (QED) is 0.293. The molecule has 0 amide bonds. The molecule has 4 heterocycles. The summed E-state index contributed by atoms with van der Waals surface area (Å²) in [7, 11) is 0. The summed E-state index contributed by atoms with van der Waals surface area (Å²) < 4.78 is 23.6. The molecule has 3 aromatic heterocycles. The van der Waals surface area contributed by atoms with Crippen molar-refractivity contribution in [3.63, 3.8) is 0 Å². The Morgan fingerprint density at radius 3 is 2.74 bits per heavy atom. The monoisotopic (exact) mass is 522 g/mol. The SMILES string of the molecule is CCCC(c1nnnn1CC(=O)OCC)N(Cc1ccco1)Cc1cc2cc3c(cc2[nH]c1=O)OCCO3. The first kappa shape index (κ1) is 25.5. The van der Waals surface area contributed by atoms with Crippen molar-refractivity contribution in [1.29, 1.82) is 0 Å². The second kappa shape index (κ2) is 11.5. The van der Waals surface area contributed by atoms with Crippen LogP contribution in [0.25, 0.3) is 10.9 Å². The number of rotatable bonds is 11. The highest BCUT2D eigenvalue weighted by atomic mass is 16.6. The second-order valence-electron chi connectivity index (χ2n) is 9.00. The van der Waals surface area contributed by atoms with E-state index in [9.17, 15) is 9.59 Å². The lowest BCUT2D eigenvalue weighted by molar-refractivity contribution is -0.144. The molecular weight excluding hydrogens is 492 g/mol. The van der Waals surface area contributed by atoms with E-state index in [0.29, 0.717) is 54.6 Å². The molecule has 5 rings (SSSR count). The fourth-order valence-corrected chi connectivity index (χ4v) is 4.64. The minimum Gasteiger partial charge on any atom is -0.486 e. The molecule has 200 valence electrons. The van der Waals surface area contributed by atoms with Crippen LogP contribution >= 0.6 is 0 Å². The van der Waals surface area contributed by atoms with E-state index in [4.69, 9.17) is 18.6 Å². The normalized spacial score (nSPS) is 13.7. The maximum Gasteiger partial charge on any atom is 0.327 e. The number of nitrogens with one attached hydrogen (secondary N) is 1. The summed E-state index contributed by atoms with van der Waals surface area (Å²) >= 11 is 0. The third-order valence-electron chi connectivity index (χ3n) is 6.34. The van der Waals surface area contributed by atoms with Crippen LogP contribution in [0, 0.1) is 0 Å². The van der Waals surface area contributed by atoms with E-state index in [1.165, 1.54) is 4.68 Å². The molecule has 1 unspecified atom stereocenters. The van der Waals surface area contributed by atoms with Gasteiger partial charge in [0.2, 0.25) is 0 Å². The van der Waals surface area contributed by atoms with Gasteiger partial charge in [-0.25, -0.2) is 4.68 Å². The Balaban J connectivity index is 1.51. The van der Waals surface area contributed by atoms with Gasteiger partial charge in [0, 0.05) is 23.6 Å². The molecule has 0 radical (unpaired) electrons. The number of aromatic nitrogens is 5. The van der Waals surface area contributed by atoms with Crippen LogP contribution in [0.15, 0.2) is 45.8 Å². The highest BCUT2D eigenvalue weighted by Gasteiger charge is 2.28. The number of benzene rings is 1. The summed E-state index contributed by atoms with van der Waals surface area (Å²) in [6.45, 7) is 5.62. The van der Waals surface area contributed by atoms with Gasteiger partial charge < -0.3 is 23.6 Å². The lowest BCUT2D eigenvalue weighted by atomic mass is 10.1. The predicted octanol–water partition coefficient (Wildman–Crippen LogP) is 2.99. The van der Waals surface area contributed by atoms with Gasteiger partial charge >= 0.3 is 5.97 Å². The molecule has 0 fully saturated rings. The standard InChI is InChI=1S/C26H30N6O6/c1-3-6-21(25-28-29-30-32(25)16-24(33)35-4-2)31(15-19-7-5-8-36-19)14-18-11-17-12-22-23(38-10-9-37-22)13-20(17)27-26(18)34/h5,7-8,11-13,21H,3-4,6,9-10,14-16H2,1-2H3,(H,27,34). The number of tetrazole rings is 1. The fourth-order valence-electron chi connectivity index (χ4n) is 4.64. The molecule has 4 aromatic rings. The van der Waals surface area contributed by atoms with E-state index >= 15 is 0 Å². The number of pyridine rings is 1. The molecular formula is C26H30N6O6. The Morgan fingerprint density at radius 1 is 1.18 bits per heavy atom. The summed E-state index contributed by atoms with van der Waals surface area (Å²) in [5, 5.41) is 13.0. The van der Waals surface area contributed by atoms with Crippen molar-refractivity contribution in [3.8, 4) is 11.5 Å². The summed E-state index contributed by atoms with van der Waals surface area (Å²) in [6.07, 6.45) is 3.12. The first-order valence-corrected chi connectivity index (χ1v) is 12.7. The number of carbonyl (C=O) groups is 1. The van der Waals surface area contributed by atoms with Crippen LogP contribution in [0.3, 0.4) is 0 Å². The molecule has 1 N–H and O–H groups in total. The molecule has 12 heteroatoms. The van der Waals surface area contributed by atoms with Gasteiger partial charge in [0.05, 0.1) is 31.0 Å². The summed E-state index contributed by atoms with van der Waals surface area (Å²) in [5.74, 6) is 2.09. The third kappa shape index (κ3) is 5.54. The van der Waals surface area contributed by atoms with Gasteiger partial charge in [-0.1, -0.05) is 13.3 Å². The van der Waals surface area contributed by atoms with E-state index < -0.39 is 5.97 Å². The zero-order valence-electron chi connectivity index (χ0n) is 21.4. The van der Waals surface area contributed by atoms with E-state index in [1.54, 1.807) is 19.3 Å². The van der Waals surface area contributed by atoms with Crippen LogP contribution < -0.4 is 15.0 Å². The number of H-pyrrole nitrogens is 1. The number of esters is 1. The summed E-state index contributed by atoms with van der Waals surface area (Å²) in [4.78, 5) is 30.5. The second-order valence-corrected chi connectivity index (χ2v) is 9.00. The van der Waals surface area contributed by atoms with E-state index in [0.717, 1.165) is 17.6 Å². The maximum absolute atomic E-state index is 13.2. The Labute approximate surface area is 218 Å². The highest BCUT2D eigenvalue weighted by molar-refractivity contribution is 5.83. The van der Waals surface area contributed by atoms with Crippen LogP contribution in [-0.2, 0) is 29.2 Å². The average Bonchev–Trinajstić information content (AvgIpc) is 3.59. The number of hydrogen-bond acceptors (Lipinski definition) is 10. The minimum absolute atomic E-state index is 0.102. The van der Waals surface area contributed by atoms with Crippen molar-refractivity contribution in [2.24, 2.45) is 0 Å². The van der Waals surface area contributed by atoms with E-state index in [-0.39, 0.29) is 31.3 Å². The van der Waals surface area contributed by atoms with Crippen molar-refractivity contribution in [1.82, 2.24) is 30.1 Å². The van der Waals surface area contributed by atoms with Crippen molar-refractivity contribution in [2.75, 3.05) is 19.8 Å². The van der Waals surface area contributed by atoms with E-state index in [1.807, 2.05) is 24.3 Å². The molecule has 38 heavy (non-hydrogen) atoms. The number of furan rings is 1. The zero-order valence-corrected chi connectivity index (χ0v) is 21.4. The topological polar surface area (TPSA) is 138 Å². The number of fused-ring (bicyclic) bond motifs is 2. The van der Waals surface area contributed by atoms with Crippen LogP contribution in [0.5, 0.6) is 11.5 Å². The molecule has 0 saturated carbocycles. The summed E-state index contributed by atoms with van der Waals surface area (Å²) in [6, 6.07) is 8.94. The van der Waals surface area contributed by atoms with Crippen molar-refractivity contribution >= 4 is 16.9 Å². The Bertz CT molecular complexity index is 1450. The lowest BCUT2D eigenvalue weighted by Crippen LogP contribution is -2.33. The maximum atomic E-state index is 13.2. The van der Waals surface area contributed by atoms with Crippen molar-refractivity contribution in [2.45, 2.75) is 52.4 Å². The fraction of sp³-hybridized carbons (Fsp3) is 0.423. The van der Waals surface area contributed by atoms with Crippen LogP contribution in [0.2, 0.25) is 0 Å². The Morgan fingerprint density at radius 2 is 2.00 bits per heavy atom. The number of ether oxygens (including phenoxy) is 3. The number of nitrogens with zero attached hydrogens (tertiary/aromatic N) is 5. The molecule has 0 saturated heterocycles. The van der Waals surface area contributed by atoms with Crippen molar-refractivity contribution in [3.05, 3.63) is 64.1 Å². The van der Waals surface area contributed by atoms with E-state index in [2.05, 4.69) is 32.3 Å². The molecule has 0 bridgehead atoms. The van der Waals surface area contributed by atoms with Gasteiger partial charge in [-0.05, 0) is 48.0 Å². The van der Waals surface area contributed by atoms with Gasteiger partial charge in [-0.2, -0.15) is 0 Å². The predicted molar refractivity (Wildman–Crippen MR) is 136 cm³/mol. The average molecular weight is 523 g/mol. The van der Waals surface area contributed by atoms with Gasteiger partial charge in [-0.15, -0.1) is 5.10 Å². The Hall–Kier alpha value is -4.19. The van der Waals surface area contributed by atoms with Crippen molar-refractivity contribution < 1.29 is 23.4 Å². The molecule has 1 aliphatic rings. The number of carbonyl (C=O) groups excluding carboxylic acids is 1. The highest BCUT2D eigenvalue weighted by Crippen LogP contribution is 2.34. The van der Waals surface area contributed by atoms with Gasteiger partial charge in [-0.3, -0.25) is 14.5 Å². The van der Waals surface area contributed by atoms with Gasteiger partial charge in [0.25, 0.3) is 5.56 Å². The zero-order chi connectivity index (χ0) is 26.5. The number of hydrogen-bond donors (Lipinski definition) is 1. The van der Waals surface area contributed by atoms with Gasteiger partial charge in [0.1, 0.15) is 25.5 Å². The lowest BCUT2D eigenvalue weighted by Gasteiger charge is -2.30. The molecule has 0 aliphatic carbocycles. The smallest absolute Gasteiger partial charge is 0.327 e. The molecule has 1 aliphatic heterocycles. The molecule has 1 atom stereocenters. The summed E-state index contributed by atoms with van der Waals surface area (Å²) in [5.41, 5.74) is 1.02. The van der Waals surface area contributed by atoms with Crippen LogP contribution in [0.4, 0.5) is 0 Å².